The van der Waals surface area contributed by atoms with Gasteiger partial charge in [-0.1, -0.05) is 31.5 Å². The maximum atomic E-state index is 12.4. The SMILES string of the molecule is CCCc1c(OCc2ccc(C(=O)NCCCCc3cccnc3)cc2)ccc(C(C)=O)c1O. The molecule has 2 aromatic carbocycles. The van der Waals surface area contributed by atoms with E-state index >= 15 is 0 Å². The number of ketones is 1. The minimum atomic E-state index is -0.177. The van der Waals surface area contributed by atoms with Crippen molar-refractivity contribution in [1.82, 2.24) is 10.3 Å². The highest BCUT2D eigenvalue weighted by molar-refractivity contribution is 5.97. The van der Waals surface area contributed by atoms with Crippen LogP contribution in [0.5, 0.6) is 11.5 Å². The van der Waals surface area contributed by atoms with Crippen molar-refractivity contribution in [1.29, 1.82) is 0 Å². The summed E-state index contributed by atoms with van der Waals surface area (Å²) in [5.41, 5.74) is 3.67. The Balaban J connectivity index is 1.49. The molecule has 6 heteroatoms. The van der Waals surface area contributed by atoms with E-state index in [1.54, 1.807) is 30.5 Å². The molecule has 0 radical (unpaired) electrons. The normalized spacial score (nSPS) is 10.6. The lowest BCUT2D eigenvalue weighted by Gasteiger charge is -2.15. The first-order valence-electron chi connectivity index (χ1n) is 11.7. The summed E-state index contributed by atoms with van der Waals surface area (Å²) < 4.78 is 5.94. The van der Waals surface area contributed by atoms with Gasteiger partial charge in [-0.3, -0.25) is 14.6 Å². The summed E-state index contributed by atoms with van der Waals surface area (Å²) in [7, 11) is 0. The molecule has 1 heterocycles. The van der Waals surface area contributed by atoms with Crippen molar-refractivity contribution in [3.05, 3.63) is 88.7 Å². The van der Waals surface area contributed by atoms with Crippen molar-refractivity contribution < 1.29 is 19.4 Å². The van der Waals surface area contributed by atoms with Gasteiger partial charge in [-0.05, 0) is 74.1 Å². The number of phenols is 1. The summed E-state index contributed by atoms with van der Waals surface area (Å²) in [6.07, 6.45) is 7.92. The van der Waals surface area contributed by atoms with E-state index < -0.39 is 0 Å². The third-order valence-electron chi connectivity index (χ3n) is 5.63. The number of aromatic hydroxyl groups is 1. The topological polar surface area (TPSA) is 88.5 Å². The summed E-state index contributed by atoms with van der Waals surface area (Å²) in [5, 5.41) is 13.4. The Hall–Kier alpha value is -3.67. The highest BCUT2D eigenvalue weighted by Crippen LogP contribution is 2.33. The minimum Gasteiger partial charge on any atom is -0.507 e. The van der Waals surface area contributed by atoms with Crippen molar-refractivity contribution in [3.8, 4) is 11.5 Å². The number of benzene rings is 2. The van der Waals surface area contributed by atoms with Gasteiger partial charge in [-0.25, -0.2) is 0 Å². The molecular formula is C28H32N2O4. The smallest absolute Gasteiger partial charge is 0.251 e. The van der Waals surface area contributed by atoms with Crippen molar-refractivity contribution in [2.45, 2.75) is 52.6 Å². The number of hydrogen-bond acceptors (Lipinski definition) is 5. The number of unbranched alkanes of at least 4 members (excludes halogenated alkanes) is 1. The predicted octanol–water partition coefficient (Wildman–Crippen LogP) is 5.27. The number of carbonyl (C=O) groups excluding carboxylic acids is 2. The van der Waals surface area contributed by atoms with Crippen LogP contribution in [0.2, 0.25) is 0 Å². The van der Waals surface area contributed by atoms with Crippen LogP contribution in [0, 0.1) is 0 Å². The van der Waals surface area contributed by atoms with E-state index in [9.17, 15) is 14.7 Å². The molecule has 0 unspecified atom stereocenters. The van der Waals surface area contributed by atoms with Crippen LogP contribution >= 0.6 is 0 Å². The van der Waals surface area contributed by atoms with Gasteiger partial charge in [0.15, 0.2) is 5.78 Å². The number of carbonyl (C=O) groups is 2. The zero-order valence-electron chi connectivity index (χ0n) is 19.8. The molecule has 3 rings (SSSR count). The molecule has 2 N–H and O–H groups in total. The number of ether oxygens (including phenoxy) is 1. The molecule has 6 nitrogen and oxygen atoms in total. The largest absolute Gasteiger partial charge is 0.507 e. The van der Waals surface area contributed by atoms with Crippen LogP contribution in [0.1, 0.15) is 70.5 Å². The predicted molar refractivity (Wildman–Crippen MR) is 132 cm³/mol. The van der Waals surface area contributed by atoms with Gasteiger partial charge in [0.1, 0.15) is 18.1 Å². The van der Waals surface area contributed by atoms with E-state index in [0.29, 0.717) is 42.0 Å². The van der Waals surface area contributed by atoms with Crippen LogP contribution in [0.25, 0.3) is 0 Å². The second-order valence-corrected chi connectivity index (χ2v) is 8.30. The van der Waals surface area contributed by atoms with Crippen molar-refractivity contribution >= 4 is 11.7 Å². The van der Waals surface area contributed by atoms with Crippen molar-refractivity contribution in [3.63, 3.8) is 0 Å². The second kappa shape index (κ2) is 12.5. The van der Waals surface area contributed by atoms with E-state index in [1.807, 2.05) is 31.3 Å². The van der Waals surface area contributed by atoms with Gasteiger partial charge in [0.05, 0.1) is 5.56 Å². The number of amides is 1. The maximum Gasteiger partial charge on any atom is 0.251 e. The number of aryl methyl sites for hydroxylation is 1. The first-order chi connectivity index (χ1) is 16.5. The van der Waals surface area contributed by atoms with E-state index in [4.69, 9.17) is 4.74 Å². The Labute approximate surface area is 201 Å². The highest BCUT2D eigenvalue weighted by Gasteiger charge is 2.16. The molecule has 0 aliphatic rings. The van der Waals surface area contributed by atoms with Gasteiger partial charge in [-0.15, -0.1) is 0 Å². The fraction of sp³-hybridized carbons (Fsp3) is 0.321. The molecule has 178 valence electrons. The molecule has 0 saturated carbocycles. The van der Waals surface area contributed by atoms with E-state index in [1.165, 1.54) is 12.5 Å². The molecule has 34 heavy (non-hydrogen) atoms. The fourth-order valence-corrected chi connectivity index (χ4v) is 3.75. The van der Waals surface area contributed by atoms with Gasteiger partial charge in [0.2, 0.25) is 0 Å². The maximum absolute atomic E-state index is 12.4. The molecule has 0 aliphatic carbocycles. The molecule has 0 atom stereocenters. The number of pyridine rings is 1. The van der Waals surface area contributed by atoms with Crippen LogP contribution in [-0.2, 0) is 19.4 Å². The number of Topliss-reactive ketones (excluding diaryl/α,β-unsaturated/α-hetero) is 1. The zero-order chi connectivity index (χ0) is 24.3. The van der Waals surface area contributed by atoms with Crippen LogP contribution in [0.4, 0.5) is 0 Å². The molecule has 1 amide bonds. The van der Waals surface area contributed by atoms with Crippen LogP contribution < -0.4 is 10.1 Å². The number of phenolic OH excluding ortho intramolecular Hbond substituents is 1. The quantitative estimate of drug-likeness (QED) is 0.284. The lowest BCUT2D eigenvalue weighted by Crippen LogP contribution is -2.24. The zero-order valence-corrected chi connectivity index (χ0v) is 19.8. The Morgan fingerprint density at radius 3 is 2.47 bits per heavy atom. The molecule has 0 bridgehead atoms. The summed E-state index contributed by atoms with van der Waals surface area (Å²) in [6.45, 7) is 4.37. The second-order valence-electron chi connectivity index (χ2n) is 8.30. The van der Waals surface area contributed by atoms with Crippen LogP contribution in [-0.4, -0.2) is 28.3 Å². The van der Waals surface area contributed by atoms with Crippen LogP contribution in [0.3, 0.4) is 0 Å². The highest BCUT2D eigenvalue weighted by atomic mass is 16.5. The average Bonchev–Trinajstić information content (AvgIpc) is 2.85. The molecule has 0 aliphatic heterocycles. The molecule has 3 aromatic rings. The Morgan fingerprint density at radius 2 is 1.79 bits per heavy atom. The third-order valence-corrected chi connectivity index (χ3v) is 5.63. The van der Waals surface area contributed by atoms with Crippen molar-refractivity contribution in [2.24, 2.45) is 0 Å². The number of aromatic nitrogens is 1. The molecular weight excluding hydrogens is 428 g/mol. The minimum absolute atomic E-state index is 0.000644. The Kier molecular flexibility index (Phi) is 9.21. The fourth-order valence-electron chi connectivity index (χ4n) is 3.75. The number of nitrogens with zero attached hydrogens (tertiary/aromatic N) is 1. The summed E-state index contributed by atoms with van der Waals surface area (Å²) in [4.78, 5) is 28.2. The van der Waals surface area contributed by atoms with Gasteiger partial charge in [0, 0.05) is 30.1 Å². The van der Waals surface area contributed by atoms with Gasteiger partial charge in [-0.2, -0.15) is 0 Å². The number of hydrogen-bond donors (Lipinski definition) is 2. The van der Waals surface area contributed by atoms with Gasteiger partial charge >= 0.3 is 0 Å². The first-order valence-corrected chi connectivity index (χ1v) is 11.7. The third kappa shape index (κ3) is 6.91. The number of nitrogens with one attached hydrogen (secondary N) is 1. The monoisotopic (exact) mass is 460 g/mol. The lowest BCUT2D eigenvalue weighted by atomic mass is 10.0. The molecule has 1 aromatic heterocycles. The number of rotatable bonds is 12. The van der Waals surface area contributed by atoms with Crippen molar-refractivity contribution in [2.75, 3.05) is 6.54 Å². The van der Waals surface area contributed by atoms with Crippen LogP contribution in [0.15, 0.2) is 60.9 Å². The van der Waals surface area contributed by atoms with Gasteiger partial charge in [0.25, 0.3) is 5.91 Å². The standard InChI is InChI=1S/C28H32N2O4/c1-3-7-25-26(15-14-24(20(2)31)27(25)32)34-19-22-10-12-23(13-11-22)28(33)30-17-5-4-8-21-9-6-16-29-18-21/h6,9-16,18,32H,3-5,7-8,17,19H2,1-2H3,(H,30,33). The molecule has 0 fully saturated rings. The Morgan fingerprint density at radius 1 is 1.00 bits per heavy atom. The summed E-state index contributed by atoms with van der Waals surface area (Å²) in [5.74, 6) is 0.296. The molecule has 0 saturated heterocycles. The van der Waals surface area contributed by atoms with Gasteiger partial charge < -0.3 is 15.2 Å². The van der Waals surface area contributed by atoms with E-state index in [0.717, 1.165) is 31.2 Å². The van der Waals surface area contributed by atoms with E-state index in [-0.39, 0.29) is 17.4 Å². The Bertz CT molecular complexity index is 1100. The lowest BCUT2D eigenvalue weighted by molar-refractivity contribution is 0.0951. The van der Waals surface area contributed by atoms with E-state index in [2.05, 4.69) is 16.4 Å². The summed E-state index contributed by atoms with van der Waals surface area (Å²) >= 11 is 0. The summed E-state index contributed by atoms with van der Waals surface area (Å²) in [6, 6.07) is 14.6. The average molecular weight is 461 g/mol. The first kappa shape index (κ1) is 25.0. The molecule has 0 spiro atoms.